The standard InChI is InChI=1S/C22H21N3O2S/c1-2-3-7-14-27-18-12-10-17(11-13-18)20-23-22-25(24-20)21(26)19(28-22)15-16-8-5-4-6-9-16/h4-6,8-13,15H,2-3,7,14H2,1H3/b19-15-. The van der Waals surface area contributed by atoms with Crippen LogP contribution in [0.2, 0.25) is 0 Å². The molecule has 5 nitrogen and oxygen atoms in total. The second kappa shape index (κ2) is 8.35. The monoisotopic (exact) mass is 391 g/mol. The molecule has 2 aromatic heterocycles. The van der Waals surface area contributed by atoms with Gasteiger partial charge in [-0.3, -0.25) is 4.79 Å². The Bertz CT molecular complexity index is 1160. The second-order valence-electron chi connectivity index (χ2n) is 6.54. The van der Waals surface area contributed by atoms with Crippen LogP contribution < -0.4 is 14.8 Å². The van der Waals surface area contributed by atoms with Crippen molar-refractivity contribution in [2.45, 2.75) is 26.2 Å². The Kier molecular flexibility index (Phi) is 5.48. The summed E-state index contributed by atoms with van der Waals surface area (Å²) in [6.07, 6.45) is 5.28. The summed E-state index contributed by atoms with van der Waals surface area (Å²) >= 11 is 1.35. The van der Waals surface area contributed by atoms with Gasteiger partial charge >= 0.3 is 0 Å². The molecule has 2 heterocycles. The van der Waals surface area contributed by atoms with Gasteiger partial charge in [-0.2, -0.15) is 9.50 Å². The maximum absolute atomic E-state index is 12.6. The van der Waals surface area contributed by atoms with Gasteiger partial charge in [-0.05, 0) is 42.3 Å². The molecule has 0 aliphatic heterocycles. The van der Waals surface area contributed by atoms with Crippen molar-refractivity contribution >= 4 is 22.4 Å². The van der Waals surface area contributed by atoms with Crippen LogP contribution >= 0.6 is 11.3 Å². The minimum atomic E-state index is -0.140. The zero-order chi connectivity index (χ0) is 19.3. The molecular weight excluding hydrogens is 370 g/mol. The number of hydrogen-bond donors (Lipinski definition) is 0. The molecule has 0 saturated carbocycles. The van der Waals surface area contributed by atoms with Gasteiger partial charge in [-0.15, -0.1) is 5.10 Å². The average molecular weight is 391 g/mol. The Morgan fingerprint density at radius 2 is 1.86 bits per heavy atom. The highest BCUT2D eigenvalue weighted by Gasteiger charge is 2.12. The van der Waals surface area contributed by atoms with E-state index in [0.29, 0.717) is 15.3 Å². The number of hydrogen-bond acceptors (Lipinski definition) is 5. The summed E-state index contributed by atoms with van der Waals surface area (Å²) in [5.74, 6) is 1.39. The summed E-state index contributed by atoms with van der Waals surface area (Å²) in [6, 6.07) is 17.5. The first kappa shape index (κ1) is 18.4. The first-order valence-corrected chi connectivity index (χ1v) is 10.3. The van der Waals surface area contributed by atoms with Gasteiger partial charge in [0.1, 0.15) is 5.75 Å². The second-order valence-corrected chi connectivity index (χ2v) is 7.55. The van der Waals surface area contributed by atoms with Gasteiger partial charge in [0.05, 0.1) is 11.1 Å². The van der Waals surface area contributed by atoms with E-state index in [1.54, 1.807) is 0 Å². The van der Waals surface area contributed by atoms with E-state index in [0.717, 1.165) is 29.9 Å². The molecule has 4 aromatic rings. The van der Waals surface area contributed by atoms with Crippen LogP contribution in [0.25, 0.3) is 22.4 Å². The Balaban J connectivity index is 1.56. The highest BCUT2D eigenvalue weighted by molar-refractivity contribution is 7.15. The third-order valence-corrected chi connectivity index (χ3v) is 5.37. The minimum absolute atomic E-state index is 0.140. The largest absolute Gasteiger partial charge is 0.494 e. The highest BCUT2D eigenvalue weighted by Crippen LogP contribution is 2.20. The molecule has 0 amide bonds. The molecule has 2 aromatic carbocycles. The van der Waals surface area contributed by atoms with Gasteiger partial charge in [0.2, 0.25) is 4.96 Å². The van der Waals surface area contributed by atoms with Gasteiger partial charge in [0, 0.05) is 5.56 Å². The van der Waals surface area contributed by atoms with Crippen molar-refractivity contribution in [2.24, 2.45) is 0 Å². The Hall–Kier alpha value is -2.99. The smallest absolute Gasteiger partial charge is 0.291 e. The molecule has 28 heavy (non-hydrogen) atoms. The average Bonchev–Trinajstić information content (AvgIpc) is 3.26. The molecule has 0 aliphatic carbocycles. The van der Waals surface area contributed by atoms with Crippen LogP contribution in [0.15, 0.2) is 59.4 Å². The molecule has 0 bridgehead atoms. The predicted molar refractivity (Wildman–Crippen MR) is 113 cm³/mol. The summed E-state index contributed by atoms with van der Waals surface area (Å²) < 4.78 is 7.74. The molecule has 6 heteroatoms. The lowest BCUT2D eigenvalue weighted by molar-refractivity contribution is 0.306. The maximum Gasteiger partial charge on any atom is 0.291 e. The van der Waals surface area contributed by atoms with Gasteiger partial charge in [-0.25, -0.2) is 0 Å². The Labute approximate surface area is 166 Å². The van der Waals surface area contributed by atoms with Crippen molar-refractivity contribution in [1.82, 2.24) is 14.6 Å². The molecule has 4 rings (SSSR count). The molecule has 142 valence electrons. The van der Waals surface area contributed by atoms with E-state index in [4.69, 9.17) is 4.74 Å². The zero-order valence-electron chi connectivity index (χ0n) is 15.7. The fraction of sp³-hybridized carbons (Fsp3) is 0.227. The molecular formula is C22H21N3O2S. The molecule has 0 unspecified atom stereocenters. The summed E-state index contributed by atoms with van der Waals surface area (Å²) in [5.41, 5.74) is 1.71. The van der Waals surface area contributed by atoms with E-state index in [2.05, 4.69) is 17.0 Å². The Morgan fingerprint density at radius 3 is 2.57 bits per heavy atom. The molecule has 0 atom stereocenters. The molecule has 0 fully saturated rings. The first-order chi connectivity index (χ1) is 13.7. The van der Waals surface area contributed by atoms with Crippen molar-refractivity contribution in [2.75, 3.05) is 6.61 Å². The SMILES string of the molecule is CCCCCOc1ccc(-c2nc3s/c(=C\c4ccccc4)c(=O)n3n2)cc1. The van der Waals surface area contributed by atoms with Crippen LogP contribution in [-0.2, 0) is 0 Å². The number of ether oxygens (including phenoxy) is 1. The van der Waals surface area contributed by atoms with Crippen molar-refractivity contribution in [3.8, 4) is 17.1 Å². The van der Waals surface area contributed by atoms with Crippen molar-refractivity contribution in [1.29, 1.82) is 0 Å². The lowest BCUT2D eigenvalue weighted by atomic mass is 10.2. The van der Waals surface area contributed by atoms with Crippen molar-refractivity contribution in [3.63, 3.8) is 0 Å². The summed E-state index contributed by atoms with van der Waals surface area (Å²) in [4.78, 5) is 17.8. The third-order valence-electron chi connectivity index (χ3n) is 4.41. The van der Waals surface area contributed by atoms with Crippen LogP contribution in [0.4, 0.5) is 0 Å². The van der Waals surface area contributed by atoms with Crippen LogP contribution in [-0.4, -0.2) is 21.2 Å². The minimum Gasteiger partial charge on any atom is -0.494 e. The third kappa shape index (κ3) is 3.97. The van der Waals surface area contributed by atoms with Gasteiger partial charge in [0.25, 0.3) is 5.56 Å². The first-order valence-electron chi connectivity index (χ1n) is 9.44. The number of thiazole rings is 1. The maximum atomic E-state index is 12.6. The number of unbranched alkanes of at least 4 members (excludes halogenated alkanes) is 2. The normalized spacial score (nSPS) is 12.0. The van der Waals surface area contributed by atoms with Crippen LogP contribution in [0.5, 0.6) is 5.75 Å². The number of nitrogens with zero attached hydrogens (tertiary/aromatic N) is 3. The fourth-order valence-electron chi connectivity index (χ4n) is 2.90. The zero-order valence-corrected chi connectivity index (χ0v) is 16.5. The van der Waals surface area contributed by atoms with Crippen LogP contribution in [0.1, 0.15) is 31.7 Å². The van der Waals surface area contributed by atoms with Gasteiger partial charge in [-0.1, -0.05) is 61.4 Å². The number of rotatable bonds is 7. The molecule has 0 radical (unpaired) electrons. The summed E-state index contributed by atoms with van der Waals surface area (Å²) in [6.45, 7) is 2.90. The Morgan fingerprint density at radius 1 is 1.07 bits per heavy atom. The van der Waals surface area contributed by atoms with E-state index in [9.17, 15) is 4.79 Å². The van der Waals surface area contributed by atoms with Gasteiger partial charge < -0.3 is 4.74 Å². The lowest BCUT2D eigenvalue weighted by Crippen LogP contribution is -2.23. The molecule has 0 spiro atoms. The van der Waals surface area contributed by atoms with E-state index >= 15 is 0 Å². The lowest BCUT2D eigenvalue weighted by Gasteiger charge is -2.05. The quantitative estimate of drug-likeness (QED) is 0.448. The van der Waals surface area contributed by atoms with Crippen LogP contribution in [0.3, 0.4) is 0 Å². The van der Waals surface area contributed by atoms with E-state index in [1.165, 1.54) is 28.7 Å². The summed E-state index contributed by atoms with van der Waals surface area (Å²) in [5, 5.41) is 4.40. The van der Waals surface area contributed by atoms with E-state index in [-0.39, 0.29) is 5.56 Å². The molecule has 0 saturated heterocycles. The number of aromatic nitrogens is 3. The number of fused-ring (bicyclic) bond motifs is 1. The van der Waals surface area contributed by atoms with E-state index in [1.807, 2.05) is 60.7 Å². The number of benzene rings is 2. The van der Waals surface area contributed by atoms with Gasteiger partial charge in [0.15, 0.2) is 5.82 Å². The van der Waals surface area contributed by atoms with Crippen molar-refractivity contribution in [3.05, 3.63) is 75.0 Å². The summed E-state index contributed by atoms with van der Waals surface area (Å²) in [7, 11) is 0. The fourth-order valence-corrected chi connectivity index (χ4v) is 3.81. The van der Waals surface area contributed by atoms with E-state index < -0.39 is 0 Å². The topological polar surface area (TPSA) is 56.5 Å². The highest BCUT2D eigenvalue weighted by atomic mass is 32.1. The van der Waals surface area contributed by atoms with Crippen molar-refractivity contribution < 1.29 is 4.74 Å². The predicted octanol–water partition coefficient (Wildman–Crippen LogP) is 3.93. The van der Waals surface area contributed by atoms with Crippen LogP contribution in [0, 0.1) is 0 Å². The molecule has 0 aliphatic rings. The molecule has 0 N–H and O–H groups in total.